The maximum atomic E-state index is 12.7. The highest BCUT2D eigenvalue weighted by Crippen LogP contribution is 2.35. The fourth-order valence-corrected chi connectivity index (χ4v) is 4.03. The summed E-state index contributed by atoms with van der Waals surface area (Å²) in [7, 11) is 0. The summed E-state index contributed by atoms with van der Waals surface area (Å²) in [6, 6.07) is 10.2. The van der Waals surface area contributed by atoms with Gasteiger partial charge in [-0.3, -0.25) is 9.78 Å². The van der Waals surface area contributed by atoms with Crippen molar-refractivity contribution < 1.29 is 11.0 Å². The van der Waals surface area contributed by atoms with Crippen LogP contribution in [-0.2, 0) is 6.42 Å². The second-order valence-corrected chi connectivity index (χ2v) is 7.81. The van der Waals surface area contributed by atoms with Crippen LogP contribution in [0.4, 0.5) is 0 Å². The fourth-order valence-electron chi connectivity index (χ4n) is 4.03. The van der Waals surface area contributed by atoms with E-state index >= 15 is 0 Å². The lowest BCUT2D eigenvalue weighted by Gasteiger charge is -2.20. The molecule has 0 bridgehead atoms. The molecule has 1 aromatic heterocycles. The number of pyridine rings is 1. The molecule has 3 rings (SSSR count). The zero-order valence-corrected chi connectivity index (χ0v) is 19.1. The van der Waals surface area contributed by atoms with E-state index in [9.17, 15) is 4.79 Å². The molecule has 0 aliphatic carbocycles. The molecule has 0 unspecified atom stereocenters. The molecule has 0 fully saturated rings. The Morgan fingerprint density at radius 2 is 2.00 bits per heavy atom. The van der Waals surface area contributed by atoms with Crippen molar-refractivity contribution in [3.63, 3.8) is 0 Å². The van der Waals surface area contributed by atoms with Crippen LogP contribution in [0.2, 0.25) is 0 Å². The second kappa shape index (κ2) is 11.7. The maximum absolute atomic E-state index is 12.7. The number of amides is 1. The van der Waals surface area contributed by atoms with Crippen molar-refractivity contribution in [3.8, 4) is 5.75 Å². The molecular weight excluding hydrogens is 386 g/mol. The highest BCUT2D eigenvalue weighted by molar-refractivity contribution is 5.93. The van der Waals surface area contributed by atoms with E-state index in [0.717, 1.165) is 61.2 Å². The van der Waals surface area contributed by atoms with Crippen LogP contribution in [0.3, 0.4) is 0 Å². The van der Waals surface area contributed by atoms with Gasteiger partial charge in [-0.2, -0.15) is 0 Å². The molecule has 0 saturated heterocycles. The molecule has 2 heterocycles. The number of hydrogen-bond acceptors (Lipinski definition) is 4. The molecule has 2 aromatic rings. The van der Waals surface area contributed by atoms with E-state index in [1.54, 1.807) is 4.90 Å². The molecule has 168 valence electrons. The van der Waals surface area contributed by atoms with Gasteiger partial charge in [-0.15, -0.1) is 0 Å². The van der Waals surface area contributed by atoms with E-state index < -0.39 is 0 Å². The number of ether oxygens (including phenoxy) is 1. The van der Waals surface area contributed by atoms with Crippen molar-refractivity contribution in [3.05, 3.63) is 65.0 Å². The third-order valence-electron chi connectivity index (χ3n) is 5.69. The summed E-state index contributed by atoms with van der Waals surface area (Å²) in [5, 5.41) is 3.44. The SMILES string of the molecule is CCCc1cccc2c1/C(c1ccc(C(=O)N(CC)CC)nc1)=C\CCCNCCO2.[HH]. The Balaban J connectivity index is 0.00000363. The zero-order chi connectivity index (χ0) is 22.1. The Hall–Kier alpha value is -2.66. The number of nitrogens with one attached hydrogen (secondary N) is 1. The average Bonchev–Trinajstić information content (AvgIpc) is 2.84. The van der Waals surface area contributed by atoms with Crippen molar-refractivity contribution in [1.29, 1.82) is 0 Å². The van der Waals surface area contributed by atoms with Crippen LogP contribution < -0.4 is 10.1 Å². The lowest BCUT2D eigenvalue weighted by atomic mass is 9.90. The van der Waals surface area contributed by atoms with E-state index in [-0.39, 0.29) is 7.33 Å². The maximum Gasteiger partial charge on any atom is 0.272 e. The molecule has 31 heavy (non-hydrogen) atoms. The minimum Gasteiger partial charge on any atom is -0.492 e. The quantitative estimate of drug-likeness (QED) is 0.714. The fraction of sp³-hybridized carbons (Fsp3) is 0.462. The number of carbonyl (C=O) groups is 1. The van der Waals surface area contributed by atoms with Gasteiger partial charge < -0.3 is 15.0 Å². The molecule has 0 spiro atoms. The summed E-state index contributed by atoms with van der Waals surface area (Å²) in [4.78, 5) is 19.0. The number of nitrogens with zero attached hydrogens (tertiary/aromatic N) is 2. The van der Waals surface area contributed by atoms with Crippen molar-refractivity contribution in [1.82, 2.24) is 15.2 Å². The first-order chi connectivity index (χ1) is 15.2. The summed E-state index contributed by atoms with van der Waals surface area (Å²) in [5.41, 5.74) is 5.12. The van der Waals surface area contributed by atoms with Crippen molar-refractivity contribution in [2.45, 2.75) is 46.5 Å². The number of hydrogen-bond donors (Lipinski definition) is 1. The monoisotopic (exact) mass is 423 g/mol. The van der Waals surface area contributed by atoms with Gasteiger partial charge in [0.15, 0.2) is 0 Å². The van der Waals surface area contributed by atoms with Crippen LogP contribution in [-0.4, -0.2) is 48.6 Å². The number of allylic oxidation sites excluding steroid dienone is 1. The van der Waals surface area contributed by atoms with E-state index in [1.807, 2.05) is 32.2 Å². The molecule has 1 aromatic carbocycles. The lowest BCUT2D eigenvalue weighted by molar-refractivity contribution is 0.0767. The van der Waals surface area contributed by atoms with Crippen LogP contribution >= 0.6 is 0 Å². The number of rotatable bonds is 6. The predicted molar refractivity (Wildman–Crippen MR) is 129 cm³/mol. The van der Waals surface area contributed by atoms with Gasteiger partial charge in [-0.05, 0) is 62.9 Å². The first-order valence-electron chi connectivity index (χ1n) is 11.6. The van der Waals surface area contributed by atoms with Gasteiger partial charge in [0.25, 0.3) is 5.91 Å². The summed E-state index contributed by atoms with van der Waals surface area (Å²) >= 11 is 0. The molecule has 0 radical (unpaired) electrons. The Morgan fingerprint density at radius 3 is 2.71 bits per heavy atom. The number of aryl methyl sites for hydroxylation is 1. The van der Waals surface area contributed by atoms with Crippen LogP contribution in [0.25, 0.3) is 5.57 Å². The molecule has 0 atom stereocenters. The van der Waals surface area contributed by atoms with Crippen LogP contribution in [0, 0.1) is 0 Å². The van der Waals surface area contributed by atoms with Gasteiger partial charge in [0.05, 0.1) is 0 Å². The van der Waals surface area contributed by atoms with Crippen LogP contribution in [0.15, 0.2) is 42.6 Å². The number of benzene rings is 1. The Kier molecular flexibility index (Phi) is 8.65. The van der Waals surface area contributed by atoms with Crippen LogP contribution in [0.1, 0.15) is 68.6 Å². The van der Waals surface area contributed by atoms with Gasteiger partial charge >= 0.3 is 0 Å². The second-order valence-electron chi connectivity index (χ2n) is 7.81. The molecule has 1 N–H and O–H groups in total. The highest BCUT2D eigenvalue weighted by Gasteiger charge is 2.18. The average molecular weight is 424 g/mol. The van der Waals surface area contributed by atoms with E-state index in [2.05, 4.69) is 41.5 Å². The highest BCUT2D eigenvalue weighted by atomic mass is 16.5. The summed E-state index contributed by atoms with van der Waals surface area (Å²) in [5.74, 6) is 0.902. The van der Waals surface area contributed by atoms with Gasteiger partial charge in [0.2, 0.25) is 0 Å². The van der Waals surface area contributed by atoms with Gasteiger partial charge in [-0.1, -0.05) is 37.6 Å². The van der Waals surface area contributed by atoms with Gasteiger partial charge in [0.1, 0.15) is 18.1 Å². The smallest absolute Gasteiger partial charge is 0.272 e. The Morgan fingerprint density at radius 1 is 1.16 bits per heavy atom. The third-order valence-corrected chi connectivity index (χ3v) is 5.69. The summed E-state index contributed by atoms with van der Waals surface area (Å²) in [6.07, 6.45) is 8.25. The number of carbonyl (C=O) groups excluding carboxylic acids is 1. The van der Waals surface area contributed by atoms with E-state index in [4.69, 9.17) is 4.74 Å². The third kappa shape index (κ3) is 5.73. The molecule has 5 heteroatoms. The van der Waals surface area contributed by atoms with Crippen molar-refractivity contribution in [2.24, 2.45) is 0 Å². The topological polar surface area (TPSA) is 54.5 Å². The first-order valence-corrected chi connectivity index (χ1v) is 11.6. The molecule has 1 aliphatic heterocycles. The summed E-state index contributed by atoms with van der Waals surface area (Å²) in [6.45, 7) is 10.0. The van der Waals surface area contributed by atoms with Gasteiger partial charge in [0, 0.05) is 38.4 Å². The van der Waals surface area contributed by atoms with Crippen molar-refractivity contribution >= 4 is 11.5 Å². The summed E-state index contributed by atoms with van der Waals surface area (Å²) < 4.78 is 6.20. The van der Waals surface area contributed by atoms with Gasteiger partial charge in [-0.25, -0.2) is 0 Å². The minimum absolute atomic E-state index is 0. The number of fused-ring (bicyclic) bond motifs is 1. The molecule has 0 saturated carbocycles. The van der Waals surface area contributed by atoms with Crippen LogP contribution in [0.5, 0.6) is 5.75 Å². The standard InChI is InChI=1S/C26H35N3O2.H2/c1-4-10-20-11-9-13-24-25(20)22(12-7-8-16-27-17-18-31-24)21-14-15-23(28-19-21)26(30)29(5-2)6-3;/h9,11-15,19,27H,4-8,10,16-18H2,1-3H3;1H/b22-12-;. The molecule has 1 aliphatic rings. The molecular formula is C26H37N3O2. The predicted octanol–water partition coefficient (Wildman–Crippen LogP) is 4.96. The normalized spacial score (nSPS) is 16.3. The minimum atomic E-state index is -0.0190. The zero-order valence-electron chi connectivity index (χ0n) is 19.1. The Labute approximate surface area is 188 Å². The lowest BCUT2D eigenvalue weighted by Crippen LogP contribution is -2.31. The van der Waals surface area contributed by atoms with E-state index in [0.29, 0.717) is 25.4 Å². The number of aromatic nitrogens is 1. The van der Waals surface area contributed by atoms with E-state index in [1.165, 1.54) is 5.56 Å². The Bertz CT molecular complexity index is 892. The molecule has 5 nitrogen and oxygen atoms in total. The first kappa shape index (κ1) is 23.0. The molecule has 1 amide bonds. The van der Waals surface area contributed by atoms with Crippen molar-refractivity contribution in [2.75, 3.05) is 32.8 Å². The largest absolute Gasteiger partial charge is 0.492 e.